The Kier molecular flexibility index (Phi) is 4.87. The number of fused-ring (bicyclic) bond motifs is 2. The third-order valence-electron chi connectivity index (χ3n) is 5.59. The number of benzene rings is 3. The molecule has 164 valence electrons. The van der Waals surface area contributed by atoms with Crippen LogP contribution in [0, 0.1) is 5.82 Å². The lowest BCUT2D eigenvalue weighted by atomic mass is 10.1. The number of halogens is 1. The molecule has 8 heteroatoms. The molecule has 1 saturated carbocycles. The number of carbonyl (C=O) groups excluding carboxylic acids is 1. The van der Waals surface area contributed by atoms with Crippen LogP contribution >= 0.6 is 11.8 Å². The van der Waals surface area contributed by atoms with Gasteiger partial charge in [-0.2, -0.15) is 4.98 Å². The zero-order valence-corrected chi connectivity index (χ0v) is 18.2. The van der Waals surface area contributed by atoms with Crippen molar-refractivity contribution in [3.63, 3.8) is 0 Å². The summed E-state index contributed by atoms with van der Waals surface area (Å²) in [7, 11) is 0. The molecule has 0 unspecified atom stereocenters. The minimum atomic E-state index is -0.326. The summed E-state index contributed by atoms with van der Waals surface area (Å²) < 4.78 is 24.0. The molecule has 0 spiro atoms. The molecule has 0 atom stereocenters. The molecule has 33 heavy (non-hydrogen) atoms. The summed E-state index contributed by atoms with van der Waals surface area (Å²) in [5, 5.41) is 4.10. The third kappa shape index (κ3) is 3.87. The van der Waals surface area contributed by atoms with Gasteiger partial charge in [0.15, 0.2) is 6.61 Å². The molecule has 2 aliphatic rings. The maximum atomic E-state index is 13.3. The summed E-state index contributed by atoms with van der Waals surface area (Å²) in [5.41, 5.74) is 2.43. The largest absolute Gasteiger partial charge is 0.484 e. The standard InChI is InChI=1S/C25H18FN3O3S/c26-16-6-10-18(11-7-16)31-14-23-27-24(28-32-23)15-5-12-20-22(13-15)33-21-4-2-1-3-19(21)25(30)29(20)17-8-9-17/h1-7,10-13,17H,8-9,14H2. The van der Waals surface area contributed by atoms with E-state index in [2.05, 4.69) is 10.1 Å². The van der Waals surface area contributed by atoms with Crippen molar-refractivity contribution >= 4 is 23.4 Å². The van der Waals surface area contributed by atoms with Crippen LogP contribution in [0.3, 0.4) is 0 Å². The van der Waals surface area contributed by atoms with Crippen molar-refractivity contribution in [2.24, 2.45) is 0 Å². The Labute approximate surface area is 193 Å². The molecule has 4 aromatic rings. The summed E-state index contributed by atoms with van der Waals surface area (Å²) in [6.45, 7) is 0.0790. The van der Waals surface area contributed by atoms with Crippen molar-refractivity contribution in [3.8, 4) is 17.1 Å². The van der Waals surface area contributed by atoms with Crippen molar-refractivity contribution in [1.82, 2.24) is 10.1 Å². The quantitative estimate of drug-likeness (QED) is 0.380. The number of nitrogens with zero attached hydrogens (tertiary/aromatic N) is 3. The maximum Gasteiger partial charge on any atom is 0.264 e. The van der Waals surface area contributed by atoms with E-state index in [1.54, 1.807) is 23.9 Å². The predicted molar refractivity (Wildman–Crippen MR) is 121 cm³/mol. The maximum absolute atomic E-state index is 13.3. The van der Waals surface area contributed by atoms with E-state index in [-0.39, 0.29) is 24.4 Å². The van der Waals surface area contributed by atoms with E-state index in [1.807, 2.05) is 47.4 Å². The number of rotatable bonds is 5. The Bertz CT molecular complexity index is 1350. The second-order valence-corrected chi connectivity index (χ2v) is 9.03. The number of hydrogen-bond acceptors (Lipinski definition) is 6. The molecule has 1 fully saturated rings. The van der Waals surface area contributed by atoms with E-state index in [0.29, 0.717) is 17.5 Å². The van der Waals surface area contributed by atoms with Crippen molar-refractivity contribution in [3.05, 3.63) is 84.0 Å². The van der Waals surface area contributed by atoms with Gasteiger partial charge in [0.2, 0.25) is 5.82 Å². The van der Waals surface area contributed by atoms with Crippen LogP contribution in [0.15, 0.2) is 81.0 Å². The molecule has 1 aliphatic heterocycles. The van der Waals surface area contributed by atoms with Crippen LogP contribution in [-0.2, 0) is 6.61 Å². The molecule has 6 rings (SSSR count). The number of hydrogen-bond donors (Lipinski definition) is 0. The second-order valence-electron chi connectivity index (χ2n) is 7.94. The van der Waals surface area contributed by atoms with Crippen LogP contribution in [0.25, 0.3) is 11.4 Å². The van der Waals surface area contributed by atoms with Crippen molar-refractivity contribution < 1.29 is 18.4 Å². The molecule has 1 aliphatic carbocycles. The molecular formula is C25H18FN3O3S. The molecular weight excluding hydrogens is 441 g/mol. The Morgan fingerprint density at radius 3 is 2.70 bits per heavy atom. The highest BCUT2D eigenvalue weighted by molar-refractivity contribution is 7.99. The number of carbonyl (C=O) groups is 1. The third-order valence-corrected chi connectivity index (χ3v) is 6.71. The fourth-order valence-electron chi connectivity index (χ4n) is 3.83. The number of amides is 1. The summed E-state index contributed by atoms with van der Waals surface area (Å²) >= 11 is 1.58. The van der Waals surface area contributed by atoms with Gasteiger partial charge in [-0.15, -0.1) is 0 Å². The topological polar surface area (TPSA) is 68.5 Å². The van der Waals surface area contributed by atoms with E-state index in [9.17, 15) is 9.18 Å². The zero-order valence-electron chi connectivity index (χ0n) is 17.4. The Morgan fingerprint density at radius 1 is 1.06 bits per heavy atom. The van der Waals surface area contributed by atoms with Crippen LogP contribution in [0.4, 0.5) is 10.1 Å². The van der Waals surface area contributed by atoms with Gasteiger partial charge in [0.25, 0.3) is 11.8 Å². The Morgan fingerprint density at radius 2 is 1.88 bits per heavy atom. The molecule has 1 amide bonds. The van der Waals surface area contributed by atoms with Crippen molar-refractivity contribution in [2.45, 2.75) is 35.3 Å². The Hall–Kier alpha value is -3.65. The van der Waals surface area contributed by atoms with Crippen LogP contribution in [0.1, 0.15) is 29.1 Å². The van der Waals surface area contributed by atoms with Gasteiger partial charge in [-0.3, -0.25) is 4.79 Å². The monoisotopic (exact) mass is 459 g/mol. The average Bonchev–Trinajstić information content (AvgIpc) is 3.57. The van der Waals surface area contributed by atoms with Crippen LogP contribution in [0.2, 0.25) is 0 Å². The molecule has 0 saturated heterocycles. The summed E-state index contributed by atoms with van der Waals surface area (Å²) in [4.78, 5) is 21.6. The van der Waals surface area contributed by atoms with E-state index in [4.69, 9.17) is 9.26 Å². The molecule has 0 bridgehead atoms. The fourth-order valence-corrected chi connectivity index (χ4v) is 4.93. The first-order valence-electron chi connectivity index (χ1n) is 10.6. The van der Waals surface area contributed by atoms with Gasteiger partial charge < -0.3 is 14.2 Å². The van der Waals surface area contributed by atoms with Gasteiger partial charge in [-0.25, -0.2) is 4.39 Å². The fraction of sp³-hybridized carbons (Fsp3) is 0.160. The molecule has 3 aromatic carbocycles. The van der Waals surface area contributed by atoms with Gasteiger partial charge >= 0.3 is 0 Å². The molecule has 2 heterocycles. The van der Waals surface area contributed by atoms with E-state index < -0.39 is 0 Å². The van der Waals surface area contributed by atoms with Gasteiger partial charge in [0.05, 0.1) is 11.3 Å². The highest BCUT2D eigenvalue weighted by atomic mass is 32.2. The second kappa shape index (κ2) is 8.04. The lowest BCUT2D eigenvalue weighted by molar-refractivity contribution is 0.0982. The van der Waals surface area contributed by atoms with E-state index in [1.165, 1.54) is 12.1 Å². The van der Waals surface area contributed by atoms with Crippen LogP contribution in [-0.4, -0.2) is 22.1 Å². The zero-order chi connectivity index (χ0) is 22.4. The van der Waals surface area contributed by atoms with Gasteiger partial charge in [-0.1, -0.05) is 29.1 Å². The normalized spacial score (nSPS) is 15.1. The first-order chi connectivity index (χ1) is 16.2. The van der Waals surface area contributed by atoms with Gasteiger partial charge in [-0.05, 0) is 67.4 Å². The smallest absolute Gasteiger partial charge is 0.264 e. The van der Waals surface area contributed by atoms with E-state index >= 15 is 0 Å². The lowest BCUT2D eigenvalue weighted by Gasteiger charge is -2.22. The number of ether oxygens (including phenoxy) is 1. The van der Waals surface area contributed by atoms with E-state index in [0.717, 1.165) is 39.4 Å². The lowest BCUT2D eigenvalue weighted by Crippen LogP contribution is -2.32. The minimum Gasteiger partial charge on any atom is -0.484 e. The summed E-state index contributed by atoms with van der Waals surface area (Å²) in [5.74, 6) is 0.996. The van der Waals surface area contributed by atoms with Gasteiger partial charge in [0, 0.05) is 21.4 Å². The minimum absolute atomic E-state index is 0.0480. The molecule has 0 N–H and O–H groups in total. The van der Waals surface area contributed by atoms with Gasteiger partial charge in [0.1, 0.15) is 11.6 Å². The number of anilines is 1. The SMILES string of the molecule is O=C1c2ccccc2Sc2cc(-c3noc(COc4ccc(F)cc4)n3)ccc2N1C1CC1. The highest BCUT2D eigenvalue weighted by Crippen LogP contribution is 2.46. The summed E-state index contributed by atoms with van der Waals surface area (Å²) in [6, 6.07) is 19.6. The molecule has 1 aromatic heterocycles. The van der Waals surface area contributed by atoms with Crippen LogP contribution < -0.4 is 9.64 Å². The Balaban J connectivity index is 1.29. The highest BCUT2D eigenvalue weighted by Gasteiger charge is 2.38. The molecule has 6 nitrogen and oxygen atoms in total. The van der Waals surface area contributed by atoms with Crippen molar-refractivity contribution in [2.75, 3.05) is 4.90 Å². The summed E-state index contributed by atoms with van der Waals surface area (Å²) in [6.07, 6.45) is 2.03. The predicted octanol–water partition coefficient (Wildman–Crippen LogP) is 5.73. The average molecular weight is 460 g/mol. The number of aromatic nitrogens is 2. The first-order valence-corrected chi connectivity index (χ1v) is 11.4. The molecule has 0 radical (unpaired) electrons. The van der Waals surface area contributed by atoms with Crippen LogP contribution in [0.5, 0.6) is 5.75 Å². The first kappa shape index (κ1) is 20.0. The van der Waals surface area contributed by atoms with Crippen molar-refractivity contribution in [1.29, 1.82) is 0 Å².